The largest absolute Gasteiger partial charge is 0.416 e. The van der Waals surface area contributed by atoms with E-state index in [4.69, 9.17) is 5.73 Å². The molecule has 0 fully saturated rings. The lowest BCUT2D eigenvalue weighted by Crippen LogP contribution is -2.28. The Morgan fingerprint density at radius 2 is 1.92 bits per heavy atom. The summed E-state index contributed by atoms with van der Waals surface area (Å²) >= 11 is 0. The predicted molar refractivity (Wildman–Crippen MR) is 85.3 cm³/mol. The van der Waals surface area contributed by atoms with Crippen LogP contribution < -0.4 is 11.4 Å². The molecule has 0 spiro atoms. The Balaban J connectivity index is 1.83. The summed E-state index contributed by atoms with van der Waals surface area (Å²) in [5, 5.41) is 6.30. The zero-order valence-electron chi connectivity index (χ0n) is 12.8. The number of nitrogens with one attached hydrogen (secondary N) is 1. The van der Waals surface area contributed by atoms with Crippen molar-refractivity contribution in [1.29, 1.82) is 0 Å². The lowest BCUT2D eigenvalue weighted by Gasteiger charge is -2.22. The number of H-pyrrole nitrogens is 1. The quantitative estimate of drug-likeness (QED) is 0.711. The van der Waals surface area contributed by atoms with E-state index in [1.54, 1.807) is 24.3 Å². The Hall–Kier alpha value is -2.87. The zero-order chi connectivity index (χ0) is 17.8. The van der Waals surface area contributed by atoms with E-state index in [2.05, 4.69) is 10.2 Å². The van der Waals surface area contributed by atoms with E-state index >= 15 is 0 Å². The van der Waals surface area contributed by atoms with Crippen LogP contribution in [0.4, 0.5) is 13.2 Å². The van der Waals surface area contributed by atoms with Gasteiger partial charge in [0.1, 0.15) is 0 Å². The summed E-state index contributed by atoms with van der Waals surface area (Å²) in [6.07, 6.45) is -3.95. The molecule has 4 rings (SSSR count). The van der Waals surface area contributed by atoms with Gasteiger partial charge in [0.25, 0.3) is 0 Å². The van der Waals surface area contributed by atoms with Crippen molar-refractivity contribution in [2.24, 2.45) is 5.73 Å². The van der Waals surface area contributed by atoms with E-state index in [1.165, 1.54) is 10.6 Å². The second kappa shape index (κ2) is 5.32. The number of halogens is 3. The zero-order valence-corrected chi connectivity index (χ0v) is 12.8. The maximum absolute atomic E-state index is 12.9. The number of nitrogens with two attached hydrogens (primary N) is 1. The normalized spacial score (nSPS) is 16.4. The molecule has 1 unspecified atom stereocenters. The van der Waals surface area contributed by atoms with Crippen molar-refractivity contribution in [3.63, 3.8) is 0 Å². The first-order valence-electron chi connectivity index (χ1n) is 7.58. The molecule has 8 heteroatoms. The molecule has 25 heavy (non-hydrogen) atoms. The molecule has 3 N–H and O–H groups in total. The molecule has 2 aromatic carbocycles. The maximum Gasteiger partial charge on any atom is 0.416 e. The number of hydrogen-bond acceptors (Lipinski definition) is 3. The van der Waals surface area contributed by atoms with Crippen LogP contribution in [0.2, 0.25) is 0 Å². The van der Waals surface area contributed by atoms with Gasteiger partial charge in [-0.1, -0.05) is 18.2 Å². The minimum absolute atomic E-state index is 0.391. The van der Waals surface area contributed by atoms with Crippen molar-refractivity contribution in [3.8, 4) is 16.8 Å². The van der Waals surface area contributed by atoms with Crippen LogP contribution in [-0.2, 0) is 12.6 Å². The Kier molecular flexibility index (Phi) is 3.33. The van der Waals surface area contributed by atoms with Gasteiger partial charge in [-0.15, -0.1) is 0 Å². The van der Waals surface area contributed by atoms with Gasteiger partial charge in [-0.25, -0.2) is 14.5 Å². The number of alkyl halides is 3. The van der Waals surface area contributed by atoms with Crippen LogP contribution in [0, 0.1) is 0 Å². The first-order chi connectivity index (χ1) is 11.8. The van der Waals surface area contributed by atoms with Crippen LogP contribution >= 0.6 is 0 Å². The first kappa shape index (κ1) is 15.6. The van der Waals surface area contributed by atoms with Crippen molar-refractivity contribution in [2.75, 3.05) is 0 Å². The molecule has 0 aliphatic carbocycles. The number of hydrogen-bond donors (Lipinski definition) is 2. The Morgan fingerprint density at radius 3 is 2.68 bits per heavy atom. The molecule has 1 aromatic heterocycles. The second-order valence-electron chi connectivity index (χ2n) is 5.96. The summed E-state index contributed by atoms with van der Waals surface area (Å²) in [6, 6.07) is 9.86. The fraction of sp³-hybridized carbons (Fsp3) is 0.176. The van der Waals surface area contributed by atoms with Crippen LogP contribution in [0.1, 0.15) is 23.0 Å². The van der Waals surface area contributed by atoms with Crippen molar-refractivity contribution in [2.45, 2.75) is 18.6 Å². The fourth-order valence-electron chi connectivity index (χ4n) is 3.14. The summed E-state index contributed by atoms with van der Waals surface area (Å²) in [6.45, 7) is 0. The molecule has 0 saturated heterocycles. The summed E-state index contributed by atoms with van der Waals surface area (Å²) in [4.78, 5) is 11.9. The molecule has 0 radical (unpaired) electrons. The minimum atomic E-state index is -4.40. The number of nitrogens with zero attached hydrogens (tertiary/aromatic N) is 2. The Bertz CT molecular complexity index is 1020. The smallest absolute Gasteiger partial charge is 0.321 e. The highest BCUT2D eigenvalue weighted by atomic mass is 19.4. The van der Waals surface area contributed by atoms with Crippen LogP contribution in [0.25, 0.3) is 16.8 Å². The third kappa shape index (κ3) is 2.54. The van der Waals surface area contributed by atoms with Crippen molar-refractivity contribution in [1.82, 2.24) is 14.8 Å². The average molecular weight is 346 g/mol. The molecule has 3 aromatic rings. The Labute approximate surface area is 139 Å². The molecule has 1 atom stereocenters. The van der Waals surface area contributed by atoms with Gasteiger partial charge in [-0.05, 0) is 47.4 Å². The third-order valence-corrected chi connectivity index (χ3v) is 4.31. The fourth-order valence-corrected chi connectivity index (χ4v) is 3.14. The SMILES string of the molecule is NC1Cc2cc(-c3cccc(C(F)(F)F)c3)ccc2-n2c1n[nH]c2=O. The minimum Gasteiger partial charge on any atom is -0.321 e. The lowest BCUT2D eigenvalue weighted by molar-refractivity contribution is -0.137. The van der Waals surface area contributed by atoms with E-state index in [9.17, 15) is 18.0 Å². The second-order valence-corrected chi connectivity index (χ2v) is 5.96. The van der Waals surface area contributed by atoms with Crippen LogP contribution in [0.5, 0.6) is 0 Å². The van der Waals surface area contributed by atoms with E-state index in [0.29, 0.717) is 29.1 Å². The van der Waals surface area contributed by atoms with E-state index < -0.39 is 23.5 Å². The maximum atomic E-state index is 12.9. The summed E-state index contributed by atoms with van der Waals surface area (Å²) in [5.41, 5.74) is 7.49. The molecular formula is C17H13F3N4O. The topological polar surface area (TPSA) is 76.7 Å². The highest BCUT2D eigenvalue weighted by molar-refractivity contribution is 5.68. The third-order valence-electron chi connectivity index (χ3n) is 4.31. The summed E-state index contributed by atoms with van der Waals surface area (Å²) in [7, 11) is 0. The van der Waals surface area contributed by atoms with Crippen LogP contribution in [-0.4, -0.2) is 14.8 Å². The predicted octanol–water partition coefficient (Wildman–Crippen LogP) is 2.80. The van der Waals surface area contributed by atoms with Crippen LogP contribution in [0.15, 0.2) is 47.3 Å². The standard InChI is InChI=1S/C17H13F3N4O/c18-17(19,20)12-3-1-2-9(7-12)10-4-5-14-11(6-10)8-13(21)15-22-23-16(25)24(14)15/h1-7,13H,8,21H2,(H,23,25). The molecule has 2 heterocycles. The molecule has 1 aliphatic rings. The van der Waals surface area contributed by atoms with Gasteiger partial charge in [0, 0.05) is 0 Å². The molecular weight excluding hydrogens is 333 g/mol. The molecule has 128 valence electrons. The van der Waals surface area contributed by atoms with Crippen molar-refractivity contribution >= 4 is 0 Å². The Morgan fingerprint density at radius 1 is 1.16 bits per heavy atom. The molecule has 5 nitrogen and oxygen atoms in total. The lowest BCUT2D eigenvalue weighted by atomic mass is 9.94. The van der Waals surface area contributed by atoms with E-state index in [1.807, 2.05) is 0 Å². The van der Waals surface area contributed by atoms with Gasteiger partial charge in [0.05, 0.1) is 17.3 Å². The van der Waals surface area contributed by atoms with E-state index in [-0.39, 0.29) is 0 Å². The number of fused-ring (bicyclic) bond motifs is 3. The summed E-state index contributed by atoms with van der Waals surface area (Å²) < 4.78 is 40.2. The average Bonchev–Trinajstić information content (AvgIpc) is 2.97. The number of benzene rings is 2. The molecule has 0 bridgehead atoms. The van der Waals surface area contributed by atoms with Crippen molar-refractivity contribution < 1.29 is 13.2 Å². The number of aromatic nitrogens is 3. The first-order valence-corrected chi connectivity index (χ1v) is 7.58. The summed E-state index contributed by atoms with van der Waals surface area (Å²) in [5.74, 6) is 0.448. The van der Waals surface area contributed by atoms with Gasteiger partial charge >= 0.3 is 11.9 Å². The van der Waals surface area contributed by atoms with Gasteiger partial charge in [0.15, 0.2) is 5.82 Å². The molecule has 1 aliphatic heterocycles. The van der Waals surface area contributed by atoms with Gasteiger partial charge in [-0.3, -0.25) is 0 Å². The number of aromatic amines is 1. The van der Waals surface area contributed by atoms with Gasteiger partial charge in [0.2, 0.25) is 0 Å². The van der Waals surface area contributed by atoms with Gasteiger partial charge < -0.3 is 5.73 Å². The number of rotatable bonds is 1. The van der Waals surface area contributed by atoms with E-state index in [0.717, 1.165) is 17.7 Å². The molecule has 0 amide bonds. The van der Waals surface area contributed by atoms with Crippen LogP contribution in [0.3, 0.4) is 0 Å². The van der Waals surface area contributed by atoms with Crippen molar-refractivity contribution in [3.05, 3.63) is 69.9 Å². The highest BCUT2D eigenvalue weighted by Gasteiger charge is 2.31. The highest BCUT2D eigenvalue weighted by Crippen LogP contribution is 2.34. The molecule has 0 saturated carbocycles. The van der Waals surface area contributed by atoms with Gasteiger partial charge in [-0.2, -0.15) is 18.3 Å². The monoisotopic (exact) mass is 346 g/mol.